The molecular weight excluding hydrogens is 107 g/mol. The van der Waals surface area contributed by atoms with Crippen LogP contribution in [0.25, 0.3) is 0 Å². The predicted octanol–water partition coefficient (Wildman–Crippen LogP) is 1.95. The molecule has 2 heteroatoms. The van der Waals surface area contributed by atoms with E-state index in [-0.39, 0.29) is 8.46 Å². The molecule has 0 aromatic heterocycles. The van der Waals surface area contributed by atoms with Gasteiger partial charge in [0.15, 0.2) is 0 Å². The smallest absolute Gasteiger partial charge is 0.0612 e. The molecule has 0 N–H and O–H groups in total. The van der Waals surface area contributed by atoms with Crippen molar-refractivity contribution in [2.75, 3.05) is 0 Å². The highest BCUT2D eigenvalue weighted by Gasteiger charge is 2.12. The Morgan fingerprint density at radius 2 is 1.86 bits per heavy atom. The fourth-order valence-electron chi connectivity index (χ4n) is 1.04. The molecule has 41 valence electrons. The fourth-order valence-corrected chi connectivity index (χ4v) is 1.69. The summed E-state index contributed by atoms with van der Waals surface area (Å²) in [6.07, 6.45) is 5.03. The zero-order valence-electron chi connectivity index (χ0n) is 4.31. The van der Waals surface area contributed by atoms with E-state index in [1.165, 1.54) is 25.7 Å². The summed E-state index contributed by atoms with van der Waals surface area (Å²) >= 11 is 0. The second kappa shape index (κ2) is 2.42. The van der Waals surface area contributed by atoms with Gasteiger partial charge < -0.3 is 0 Å². The van der Waals surface area contributed by atoms with Crippen LogP contribution in [0.4, 0.5) is 0 Å². The minimum Gasteiger partial charge on any atom is -0.290 e. The van der Waals surface area contributed by atoms with E-state index < -0.39 is 0 Å². The van der Waals surface area contributed by atoms with E-state index >= 15 is 0 Å². The lowest BCUT2D eigenvalue weighted by molar-refractivity contribution is 0.590. The molecule has 0 saturated heterocycles. The van der Waals surface area contributed by atoms with Gasteiger partial charge in [0.25, 0.3) is 0 Å². The third kappa shape index (κ3) is 1.24. The number of hydrogen-bond acceptors (Lipinski definition) is 1. The van der Waals surface area contributed by atoms with Crippen molar-refractivity contribution in [3.8, 4) is 0 Å². The van der Waals surface area contributed by atoms with Crippen LogP contribution < -0.4 is 0 Å². The molecule has 1 saturated carbocycles. The molecule has 0 aromatic rings. The van der Waals surface area contributed by atoms with Gasteiger partial charge in [0.1, 0.15) is 0 Å². The Morgan fingerprint density at radius 1 is 1.29 bits per heavy atom. The van der Waals surface area contributed by atoms with E-state index in [1.807, 2.05) is 0 Å². The fraction of sp³-hybridized carbons (Fsp3) is 1.00. The van der Waals surface area contributed by atoms with Crippen LogP contribution in [0.15, 0.2) is 0 Å². The molecule has 1 aliphatic rings. The van der Waals surface area contributed by atoms with Crippen molar-refractivity contribution < 1.29 is 4.57 Å². The largest absolute Gasteiger partial charge is 0.290 e. The van der Waals surface area contributed by atoms with Gasteiger partial charge in [-0.25, -0.2) is 0 Å². The van der Waals surface area contributed by atoms with Crippen LogP contribution in [0, 0.1) is 0 Å². The third-order valence-corrected chi connectivity index (χ3v) is 2.43. The van der Waals surface area contributed by atoms with Crippen LogP contribution in [-0.2, 0) is 4.57 Å². The van der Waals surface area contributed by atoms with Gasteiger partial charge in [0.05, 0.1) is 8.46 Å². The summed E-state index contributed by atoms with van der Waals surface area (Å²) in [5, 5.41) is 0. The van der Waals surface area contributed by atoms with Crippen LogP contribution in [-0.4, -0.2) is 5.66 Å². The molecular formula is C5H10OP. The van der Waals surface area contributed by atoms with Crippen molar-refractivity contribution >= 4 is 8.46 Å². The first-order valence-corrected chi connectivity index (χ1v) is 3.79. The highest BCUT2D eigenvalue weighted by Crippen LogP contribution is 2.27. The molecule has 1 atom stereocenters. The summed E-state index contributed by atoms with van der Waals surface area (Å²) in [6, 6.07) is 0. The monoisotopic (exact) mass is 117 g/mol. The SMILES string of the molecule is O=[PH]C1CCCC1. The lowest BCUT2D eigenvalue weighted by Gasteiger charge is -1.90. The average molecular weight is 117 g/mol. The van der Waals surface area contributed by atoms with E-state index in [2.05, 4.69) is 0 Å². The van der Waals surface area contributed by atoms with Gasteiger partial charge in [0, 0.05) is 5.66 Å². The number of hydrogen-bond donors (Lipinski definition) is 0. The van der Waals surface area contributed by atoms with Crippen molar-refractivity contribution in [2.24, 2.45) is 0 Å². The molecule has 0 amide bonds. The van der Waals surface area contributed by atoms with Crippen LogP contribution in [0.2, 0.25) is 0 Å². The Morgan fingerprint density at radius 3 is 2.14 bits per heavy atom. The van der Waals surface area contributed by atoms with Gasteiger partial charge in [0.2, 0.25) is 0 Å². The topological polar surface area (TPSA) is 17.1 Å². The van der Waals surface area contributed by atoms with Gasteiger partial charge in [-0.1, -0.05) is 12.8 Å². The summed E-state index contributed by atoms with van der Waals surface area (Å²) in [6.45, 7) is 0. The normalized spacial score (nSPS) is 24.0. The van der Waals surface area contributed by atoms with Gasteiger partial charge in [-0.3, -0.25) is 4.57 Å². The van der Waals surface area contributed by atoms with Gasteiger partial charge in [-0.2, -0.15) is 0 Å². The highest BCUT2D eigenvalue weighted by atomic mass is 31.1. The second-order valence-electron chi connectivity index (χ2n) is 2.10. The molecule has 7 heavy (non-hydrogen) atoms. The van der Waals surface area contributed by atoms with E-state index in [9.17, 15) is 4.57 Å². The van der Waals surface area contributed by atoms with Crippen molar-refractivity contribution in [2.45, 2.75) is 31.3 Å². The maximum absolute atomic E-state index is 10.2. The molecule has 0 heterocycles. The van der Waals surface area contributed by atoms with E-state index in [0.29, 0.717) is 5.66 Å². The van der Waals surface area contributed by atoms with Crippen LogP contribution >= 0.6 is 8.46 Å². The van der Waals surface area contributed by atoms with Gasteiger partial charge in [-0.15, -0.1) is 0 Å². The van der Waals surface area contributed by atoms with E-state index in [0.717, 1.165) is 0 Å². The lowest BCUT2D eigenvalue weighted by atomic mass is 10.4. The molecule has 1 fully saturated rings. The first kappa shape index (κ1) is 5.24. The zero-order valence-corrected chi connectivity index (χ0v) is 5.31. The summed E-state index contributed by atoms with van der Waals surface area (Å²) in [5.74, 6) is 0. The van der Waals surface area contributed by atoms with Crippen molar-refractivity contribution in [3.05, 3.63) is 0 Å². The molecule has 1 rings (SSSR count). The minimum atomic E-state index is -0.0386. The molecule has 1 nitrogen and oxygen atoms in total. The van der Waals surface area contributed by atoms with Gasteiger partial charge in [-0.05, 0) is 12.8 Å². The molecule has 0 aromatic carbocycles. The molecule has 1 aliphatic carbocycles. The molecule has 0 bridgehead atoms. The molecule has 1 unspecified atom stereocenters. The Balaban J connectivity index is 2.26. The molecule has 1 radical (unpaired) electrons. The summed E-state index contributed by atoms with van der Waals surface area (Å²) in [5.41, 5.74) is 0.569. The maximum Gasteiger partial charge on any atom is 0.0612 e. The number of rotatable bonds is 1. The van der Waals surface area contributed by atoms with Crippen molar-refractivity contribution in [3.63, 3.8) is 0 Å². The first-order chi connectivity index (χ1) is 3.43. The summed E-state index contributed by atoms with van der Waals surface area (Å²) in [7, 11) is -0.0386. The summed E-state index contributed by atoms with van der Waals surface area (Å²) < 4.78 is 10.2. The van der Waals surface area contributed by atoms with Gasteiger partial charge >= 0.3 is 0 Å². The predicted molar refractivity (Wildman–Crippen MR) is 31.3 cm³/mol. The Labute approximate surface area is 45.3 Å². The van der Waals surface area contributed by atoms with E-state index in [1.54, 1.807) is 0 Å². The zero-order chi connectivity index (χ0) is 5.11. The standard InChI is InChI=1S/C5H10OP/c6-7-5-3-1-2-4-5/h5,7H,1-4H2. The van der Waals surface area contributed by atoms with E-state index in [4.69, 9.17) is 0 Å². The Hall–Kier alpha value is 0.100. The maximum atomic E-state index is 10.2. The molecule has 0 aliphatic heterocycles. The van der Waals surface area contributed by atoms with Crippen LogP contribution in [0.5, 0.6) is 0 Å². The van der Waals surface area contributed by atoms with Crippen molar-refractivity contribution in [1.82, 2.24) is 0 Å². The lowest BCUT2D eigenvalue weighted by Crippen LogP contribution is -1.84. The van der Waals surface area contributed by atoms with Crippen LogP contribution in [0.3, 0.4) is 0 Å². The Kier molecular flexibility index (Phi) is 1.81. The highest BCUT2D eigenvalue weighted by molar-refractivity contribution is 7.24. The summed E-state index contributed by atoms with van der Waals surface area (Å²) in [4.78, 5) is 0. The second-order valence-corrected chi connectivity index (χ2v) is 3.15. The quantitative estimate of drug-likeness (QED) is 0.480. The minimum absolute atomic E-state index is 0.0386. The third-order valence-electron chi connectivity index (χ3n) is 1.52. The van der Waals surface area contributed by atoms with Crippen LogP contribution in [0.1, 0.15) is 25.7 Å². The average Bonchev–Trinajstić information content (AvgIpc) is 2.14. The Bertz CT molecular complexity index is 66.5. The molecule has 0 spiro atoms. The first-order valence-electron chi connectivity index (χ1n) is 2.81. The van der Waals surface area contributed by atoms with Crippen molar-refractivity contribution in [1.29, 1.82) is 0 Å².